The maximum atomic E-state index is 13.8. The number of aliphatic hydroxyl groups is 1. The summed E-state index contributed by atoms with van der Waals surface area (Å²) >= 11 is 6.33. The molecule has 4 aliphatic rings. The van der Waals surface area contributed by atoms with Gasteiger partial charge in [0.25, 0.3) is 5.91 Å². The van der Waals surface area contributed by atoms with E-state index in [-0.39, 0.29) is 11.8 Å². The van der Waals surface area contributed by atoms with Crippen LogP contribution in [0, 0.1) is 23.7 Å². The Bertz CT molecular complexity index is 1490. The summed E-state index contributed by atoms with van der Waals surface area (Å²) in [5.74, 6) is 0.671. The number of nitrogens with zero attached hydrogens (tertiary/aromatic N) is 1. The van der Waals surface area contributed by atoms with E-state index in [0.717, 1.165) is 75.7 Å². The van der Waals surface area contributed by atoms with Crippen molar-refractivity contribution in [3.63, 3.8) is 0 Å². The molecule has 2 aliphatic heterocycles. The largest absolute Gasteiger partial charge is 0.487 e. The first-order valence-electron chi connectivity index (χ1n) is 16.4. The lowest BCUT2D eigenvalue weighted by Crippen LogP contribution is -2.44. The number of rotatable bonds is 2. The van der Waals surface area contributed by atoms with Gasteiger partial charge >= 0.3 is 0 Å². The van der Waals surface area contributed by atoms with Crippen molar-refractivity contribution in [2.24, 2.45) is 23.7 Å². The van der Waals surface area contributed by atoms with E-state index < -0.39 is 27.3 Å². The Morgan fingerprint density at radius 1 is 1.05 bits per heavy atom. The molecule has 0 radical (unpaired) electrons. The zero-order valence-corrected chi connectivity index (χ0v) is 27.2. The first kappa shape index (κ1) is 31.4. The number of allylic oxidation sites excluding steroid dienone is 1. The summed E-state index contributed by atoms with van der Waals surface area (Å²) < 4.78 is 36.4. The van der Waals surface area contributed by atoms with Crippen molar-refractivity contribution in [1.29, 1.82) is 0 Å². The number of nitrogens with one attached hydrogen (secondary N) is 1. The van der Waals surface area contributed by atoms with Gasteiger partial charge in [-0.2, -0.15) is 0 Å². The zero-order chi connectivity index (χ0) is 30.8. The molecule has 238 valence electrons. The van der Waals surface area contributed by atoms with E-state index in [1.165, 1.54) is 5.56 Å². The third-order valence-electron chi connectivity index (χ3n) is 10.5. The zero-order valence-electron chi connectivity index (χ0n) is 25.6. The molecule has 5 atom stereocenters. The molecule has 2 fully saturated rings. The second-order valence-corrected chi connectivity index (χ2v) is 15.8. The highest BCUT2D eigenvalue weighted by Gasteiger charge is 2.38. The summed E-state index contributed by atoms with van der Waals surface area (Å²) in [6, 6.07) is 11.2. The summed E-state index contributed by atoms with van der Waals surface area (Å²) in [5.41, 5.74) is 3.35. The Morgan fingerprint density at radius 3 is 2.64 bits per heavy atom. The number of halogens is 1. The van der Waals surface area contributed by atoms with Crippen LogP contribution in [-0.4, -0.2) is 43.9 Å². The van der Waals surface area contributed by atoms with Crippen LogP contribution in [0.3, 0.4) is 0 Å². The Kier molecular flexibility index (Phi) is 9.60. The van der Waals surface area contributed by atoms with E-state index in [1.54, 1.807) is 18.2 Å². The fourth-order valence-electron chi connectivity index (χ4n) is 7.35. The molecule has 2 aliphatic carbocycles. The number of sulfonamides is 1. The van der Waals surface area contributed by atoms with Crippen LogP contribution >= 0.6 is 11.6 Å². The van der Waals surface area contributed by atoms with Gasteiger partial charge in [-0.15, -0.1) is 0 Å². The second kappa shape index (κ2) is 13.4. The highest BCUT2D eigenvalue weighted by Crippen LogP contribution is 2.41. The minimum Gasteiger partial charge on any atom is -0.487 e. The number of carbonyl (C=O) groups excluding carboxylic acids is 1. The van der Waals surface area contributed by atoms with Crippen LogP contribution in [0.15, 0.2) is 48.6 Å². The molecule has 0 spiro atoms. The summed E-state index contributed by atoms with van der Waals surface area (Å²) in [4.78, 5) is 15.9. The van der Waals surface area contributed by atoms with E-state index in [4.69, 9.17) is 16.3 Å². The van der Waals surface area contributed by atoms with Gasteiger partial charge in [0, 0.05) is 23.7 Å². The monoisotopic (exact) mass is 640 g/mol. The number of aliphatic hydroxyl groups excluding tert-OH is 1. The molecule has 1 amide bonds. The second-order valence-electron chi connectivity index (χ2n) is 13.5. The average Bonchev–Trinajstić information content (AvgIpc) is 2.96. The lowest BCUT2D eigenvalue weighted by Gasteiger charge is -2.42. The smallest absolute Gasteiger partial charge is 0.264 e. The van der Waals surface area contributed by atoms with Crippen LogP contribution in [0.2, 0.25) is 5.02 Å². The molecule has 2 aromatic rings. The van der Waals surface area contributed by atoms with Gasteiger partial charge < -0.3 is 14.7 Å². The molecule has 44 heavy (non-hydrogen) atoms. The van der Waals surface area contributed by atoms with Gasteiger partial charge in [0.1, 0.15) is 12.4 Å². The number of hydrogen-bond acceptors (Lipinski definition) is 6. The molecular weight excluding hydrogens is 596 g/mol. The van der Waals surface area contributed by atoms with Crippen LogP contribution in [0.4, 0.5) is 5.69 Å². The predicted octanol–water partition coefficient (Wildman–Crippen LogP) is 6.66. The summed E-state index contributed by atoms with van der Waals surface area (Å²) in [5, 5.41) is 11.2. The molecule has 6 rings (SSSR count). The molecular formula is C35H45ClN2O5S. The Balaban J connectivity index is 1.37. The average molecular weight is 641 g/mol. The number of hydrogen-bond donors (Lipinski definition) is 2. The molecule has 2 heterocycles. The van der Waals surface area contributed by atoms with Crippen molar-refractivity contribution in [3.8, 4) is 5.75 Å². The number of aryl methyl sites for hydroxylation is 1. The van der Waals surface area contributed by atoms with Gasteiger partial charge in [0.2, 0.25) is 10.0 Å². The number of fused-ring (bicyclic) bond motifs is 3. The van der Waals surface area contributed by atoms with Crippen LogP contribution in [0.25, 0.3) is 0 Å². The first-order valence-corrected chi connectivity index (χ1v) is 18.3. The van der Waals surface area contributed by atoms with E-state index in [9.17, 15) is 18.3 Å². The van der Waals surface area contributed by atoms with Gasteiger partial charge in [0.15, 0.2) is 0 Å². The first-order chi connectivity index (χ1) is 21.2. The van der Waals surface area contributed by atoms with Crippen molar-refractivity contribution in [2.45, 2.75) is 89.1 Å². The molecule has 2 aromatic carbocycles. The van der Waals surface area contributed by atoms with Gasteiger partial charge in [-0.3, -0.25) is 4.79 Å². The molecule has 2 bridgehead atoms. The summed E-state index contributed by atoms with van der Waals surface area (Å²) in [7, 11) is -3.94. The van der Waals surface area contributed by atoms with Crippen LogP contribution in [0.5, 0.6) is 5.75 Å². The lowest BCUT2D eigenvalue weighted by atomic mass is 9.70. The third kappa shape index (κ3) is 6.97. The van der Waals surface area contributed by atoms with Crippen molar-refractivity contribution in [3.05, 3.63) is 70.3 Å². The van der Waals surface area contributed by atoms with E-state index in [0.29, 0.717) is 47.6 Å². The van der Waals surface area contributed by atoms with Crippen molar-refractivity contribution >= 4 is 33.2 Å². The molecule has 0 aromatic heterocycles. The normalized spacial score (nSPS) is 30.2. The van der Waals surface area contributed by atoms with Gasteiger partial charge in [0.05, 0.1) is 17.0 Å². The van der Waals surface area contributed by atoms with E-state index in [1.807, 2.05) is 37.3 Å². The molecule has 9 heteroatoms. The Hall–Kier alpha value is -2.55. The summed E-state index contributed by atoms with van der Waals surface area (Å²) in [6.07, 6.45) is 12.3. The van der Waals surface area contributed by atoms with Crippen LogP contribution in [0.1, 0.15) is 86.2 Å². The standard InChI is InChI=1S/C35H45ClN2O5S/c1-23-6-4-10-32(39)30-15-12-27(30)21-38-17-3-2-9-25-19-29(36)14-11-28(25)22-43-33-16-13-26(20-31(33)38)35(40)37-44(41,42)34(23)18-24-7-5-8-24/h4,10-11,13-14,16,19-20,23-24,27,30,32,34,39H,2-3,5-9,12,15,17-18,21-22H2,1H3,(H,37,40)/b10-4+/t23-,27-,30+,32-,34-/m0/s1. The fraction of sp³-hybridized carbons (Fsp3) is 0.571. The van der Waals surface area contributed by atoms with E-state index in [2.05, 4.69) is 9.62 Å². The van der Waals surface area contributed by atoms with E-state index >= 15 is 0 Å². The van der Waals surface area contributed by atoms with Gasteiger partial charge in [-0.25, -0.2) is 13.1 Å². The van der Waals surface area contributed by atoms with Crippen molar-refractivity contribution in [1.82, 2.24) is 4.72 Å². The van der Waals surface area contributed by atoms with Crippen LogP contribution < -0.4 is 14.4 Å². The Morgan fingerprint density at radius 2 is 1.89 bits per heavy atom. The SMILES string of the molecule is C[C@H]1C/C=C/[C@H](O)[C@@H]2CC[C@H]2CN2CCCCc3cc(Cl)ccc3COc3ccc(cc32)C(=O)NS(=O)(=O)[C@H]1CC1CCC1. The number of carbonyl (C=O) groups is 1. The van der Waals surface area contributed by atoms with Crippen molar-refractivity contribution in [2.75, 3.05) is 18.0 Å². The number of benzene rings is 2. The molecule has 7 nitrogen and oxygen atoms in total. The predicted molar refractivity (Wildman–Crippen MR) is 175 cm³/mol. The minimum atomic E-state index is -3.94. The lowest BCUT2D eigenvalue weighted by molar-refractivity contribution is 0.0461. The number of ether oxygens (including phenoxy) is 1. The molecule has 0 saturated heterocycles. The minimum absolute atomic E-state index is 0.143. The molecule has 2 N–H and O–H groups in total. The molecule has 0 unspecified atom stereocenters. The van der Waals surface area contributed by atoms with Gasteiger partial charge in [-0.05, 0) is 110 Å². The number of amides is 1. The maximum absolute atomic E-state index is 13.8. The highest BCUT2D eigenvalue weighted by atomic mass is 35.5. The molecule has 2 saturated carbocycles. The van der Waals surface area contributed by atoms with Gasteiger partial charge in [-0.1, -0.05) is 56.0 Å². The van der Waals surface area contributed by atoms with Crippen LogP contribution in [-0.2, 0) is 23.1 Å². The maximum Gasteiger partial charge on any atom is 0.264 e. The third-order valence-corrected chi connectivity index (χ3v) is 12.7. The summed E-state index contributed by atoms with van der Waals surface area (Å²) in [6.45, 7) is 3.79. The quantitative estimate of drug-likeness (QED) is 0.356. The fourth-order valence-corrected chi connectivity index (χ4v) is 9.32. The highest BCUT2D eigenvalue weighted by molar-refractivity contribution is 7.90. The Labute approximate surface area is 267 Å². The van der Waals surface area contributed by atoms with Crippen molar-refractivity contribution < 1.29 is 23.1 Å². The topological polar surface area (TPSA) is 95.9 Å². The number of anilines is 1.